The Morgan fingerprint density at radius 1 is 1.03 bits per heavy atom. The van der Waals surface area contributed by atoms with Crippen molar-refractivity contribution in [2.75, 3.05) is 0 Å². The molecule has 4 atom stereocenters. The zero-order valence-corrected chi connectivity index (χ0v) is 19.1. The highest BCUT2D eigenvalue weighted by Crippen LogP contribution is 2.50. The molecule has 3 aliphatic heterocycles. The standard InChI is InChI=1S/C25H29N3O5/c1-24(2,3)23(29)33-28-21-20(26-27-28)19-14-25(22(21)32-19,30-15-17-10-6-4-7-11-17)31-16-18-12-8-5-9-13-18/h4-13,19-22H,14-16H2,1-3H3. The number of fused-ring (bicyclic) bond motifs is 5. The Bertz CT molecular complexity index is 964. The number of carbonyl (C=O) groups is 1. The van der Waals surface area contributed by atoms with Gasteiger partial charge in [0.15, 0.2) is 5.79 Å². The monoisotopic (exact) mass is 451 g/mol. The van der Waals surface area contributed by atoms with E-state index in [1.807, 2.05) is 60.7 Å². The minimum absolute atomic E-state index is 0.225. The van der Waals surface area contributed by atoms with Crippen molar-refractivity contribution in [3.63, 3.8) is 0 Å². The summed E-state index contributed by atoms with van der Waals surface area (Å²) < 4.78 is 19.2. The smallest absolute Gasteiger partial charge is 0.339 e. The van der Waals surface area contributed by atoms with Crippen LogP contribution in [0.1, 0.15) is 38.3 Å². The Balaban J connectivity index is 1.38. The van der Waals surface area contributed by atoms with Gasteiger partial charge in [0.25, 0.3) is 0 Å². The molecule has 2 aromatic carbocycles. The number of ether oxygens (including phenoxy) is 3. The summed E-state index contributed by atoms with van der Waals surface area (Å²) in [7, 11) is 0. The summed E-state index contributed by atoms with van der Waals surface area (Å²) >= 11 is 0. The number of rotatable bonds is 7. The van der Waals surface area contributed by atoms with E-state index >= 15 is 0 Å². The highest BCUT2D eigenvalue weighted by molar-refractivity contribution is 5.75. The summed E-state index contributed by atoms with van der Waals surface area (Å²) in [5.41, 5.74) is 1.41. The van der Waals surface area contributed by atoms with Crippen molar-refractivity contribution >= 4 is 5.97 Å². The van der Waals surface area contributed by atoms with Gasteiger partial charge < -0.3 is 19.0 Å². The second kappa shape index (κ2) is 8.52. The van der Waals surface area contributed by atoms with E-state index in [2.05, 4.69) is 10.3 Å². The lowest BCUT2D eigenvalue weighted by molar-refractivity contribution is -0.293. The first-order chi connectivity index (χ1) is 15.9. The van der Waals surface area contributed by atoms with Gasteiger partial charge in [0.05, 0.1) is 24.7 Å². The first-order valence-electron chi connectivity index (χ1n) is 11.3. The minimum Gasteiger partial charge on any atom is -0.364 e. The van der Waals surface area contributed by atoms with Crippen LogP contribution in [0, 0.1) is 5.41 Å². The first kappa shape index (κ1) is 22.0. The maximum Gasteiger partial charge on any atom is 0.339 e. The van der Waals surface area contributed by atoms with Crippen molar-refractivity contribution in [3.8, 4) is 0 Å². The summed E-state index contributed by atoms with van der Waals surface area (Å²) in [6, 6.07) is 19.3. The van der Waals surface area contributed by atoms with Crippen molar-refractivity contribution in [2.24, 2.45) is 15.8 Å². The Kier molecular flexibility index (Phi) is 5.68. The zero-order valence-electron chi connectivity index (χ0n) is 19.1. The second-order valence-electron chi connectivity index (χ2n) is 9.78. The van der Waals surface area contributed by atoms with E-state index < -0.39 is 23.3 Å². The van der Waals surface area contributed by atoms with Crippen LogP contribution < -0.4 is 0 Å². The summed E-state index contributed by atoms with van der Waals surface area (Å²) in [6.07, 6.45) is -0.213. The molecule has 2 fully saturated rings. The fourth-order valence-electron chi connectivity index (χ4n) is 4.42. The number of nitrogens with zero attached hydrogens (tertiary/aromatic N) is 3. The normalized spacial score (nSPS) is 27.1. The van der Waals surface area contributed by atoms with Crippen molar-refractivity contribution in [2.45, 2.75) is 70.5 Å². The molecule has 5 rings (SSSR count). The van der Waals surface area contributed by atoms with E-state index in [0.717, 1.165) is 11.1 Å². The molecule has 8 heteroatoms. The summed E-state index contributed by atoms with van der Waals surface area (Å²) in [5, 5.41) is 9.76. The van der Waals surface area contributed by atoms with Crippen molar-refractivity contribution in [1.82, 2.24) is 5.17 Å². The number of hydrogen-bond acceptors (Lipinski definition) is 8. The van der Waals surface area contributed by atoms with Crippen LogP contribution in [0.4, 0.5) is 0 Å². The largest absolute Gasteiger partial charge is 0.364 e. The molecule has 0 amide bonds. The number of carbonyl (C=O) groups excluding carboxylic acids is 1. The third kappa shape index (κ3) is 4.26. The predicted octanol–water partition coefficient (Wildman–Crippen LogP) is 4.21. The van der Waals surface area contributed by atoms with Gasteiger partial charge in [0.1, 0.15) is 18.2 Å². The molecule has 0 aliphatic carbocycles. The fourth-order valence-corrected chi connectivity index (χ4v) is 4.42. The molecule has 2 bridgehead atoms. The van der Waals surface area contributed by atoms with Crippen LogP contribution in [0.2, 0.25) is 0 Å². The molecule has 8 nitrogen and oxygen atoms in total. The van der Waals surface area contributed by atoms with Crippen molar-refractivity contribution in [3.05, 3.63) is 71.8 Å². The van der Waals surface area contributed by atoms with E-state index in [1.54, 1.807) is 20.8 Å². The van der Waals surface area contributed by atoms with E-state index in [0.29, 0.717) is 19.6 Å². The molecule has 0 spiro atoms. The minimum atomic E-state index is -1.01. The van der Waals surface area contributed by atoms with E-state index in [9.17, 15) is 4.79 Å². The molecule has 33 heavy (non-hydrogen) atoms. The molecular weight excluding hydrogens is 422 g/mol. The van der Waals surface area contributed by atoms with Gasteiger partial charge in [-0.1, -0.05) is 65.8 Å². The lowest BCUT2D eigenvalue weighted by Gasteiger charge is -2.40. The molecule has 3 aliphatic rings. The Labute approximate surface area is 193 Å². The topological polar surface area (TPSA) is 82.0 Å². The second-order valence-corrected chi connectivity index (χ2v) is 9.78. The maximum atomic E-state index is 12.5. The van der Waals surface area contributed by atoms with Gasteiger partial charge >= 0.3 is 5.97 Å². The first-order valence-corrected chi connectivity index (χ1v) is 11.3. The predicted molar refractivity (Wildman–Crippen MR) is 118 cm³/mol. The maximum absolute atomic E-state index is 12.5. The Morgan fingerprint density at radius 2 is 1.61 bits per heavy atom. The highest BCUT2D eigenvalue weighted by Gasteiger charge is 2.68. The van der Waals surface area contributed by atoms with Crippen LogP contribution in [-0.2, 0) is 37.1 Å². The van der Waals surface area contributed by atoms with Gasteiger partial charge in [-0.2, -0.15) is 5.11 Å². The molecule has 2 aromatic rings. The molecule has 0 N–H and O–H groups in total. The van der Waals surface area contributed by atoms with E-state index in [-0.39, 0.29) is 18.1 Å². The number of benzene rings is 2. The van der Waals surface area contributed by atoms with E-state index in [1.165, 1.54) is 5.17 Å². The van der Waals surface area contributed by atoms with Gasteiger partial charge in [0, 0.05) is 6.42 Å². The van der Waals surface area contributed by atoms with Gasteiger partial charge in [0.2, 0.25) is 0 Å². The Hall–Kier alpha value is -2.81. The molecule has 3 heterocycles. The molecule has 4 unspecified atom stereocenters. The zero-order chi connectivity index (χ0) is 23.1. The average Bonchev–Trinajstić information content (AvgIpc) is 3.49. The van der Waals surface area contributed by atoms with Gasteiger partial charge in [-0.25, -0.2) is 4.79 Å². The van der Waals surface area contributed by atoms with Gasteiger partial charge in [-0.15, -0.1) is 0 Å². The fraction of sp³-hybridized carbons (Fsp3) is 0.480. The number of hydrogen-bond donors (Lipinski definition) is 0. The third-order valence-electron chi connectivity index (χ3n) is 6.25. The quantitative estimate of drug-likeness (QED) is 0.587. The average molecular weight is 452 g/mol. The Morgan fingerprint density at radius 3 is 2.15 bits per heavy atom. The molecule has 0 radical (unpaired) electrons. The summed E-state index contributed by atoms with van der Waals surface area (Å²) in [5.74, 6) is -1.40. The highest BCUT2D eigenvalue weighted by atomic mass is 16.8. The molecule has 2 saturated heterocycles. The molecule has 0 saturated carbocycles. The van der Waals surface area contributed by atoms with Crippen LogP contribution in [-0.4, -0.2) is 41.2 Å². The van der Waals surface area contributed by atoms with Crippen LogP contribution in [0.3, 0.4) is 0 Å². The van der Waals surface area contributed by atoms with Gasteiger partial charge in [-0.3, -0.25) is 0 Å². The molecule has 174 valence electrons. The van der Waals surface area contributed by atoms with Crippen LogP contribution in [0.25, 0.3) is 0 Å². The third-order valence-corrected chi connectivity index (χ3v) is 6.25. The van der Waals surface area contributed by atoms with E-state index in [4.69, 9.17) is 19.0 Å². The van der Waals surface area contributed by atoms with Crippen LogP contribution in [0.5, 0.6) is 0 Å². The van der Waals surface area contributed by atoms with Crippen molar-refractivity contribution < 1.29 is 23.8 Å². The SMILES string of the molecule is CC(C)(C)C(=O)ON1N=NC2C3CC(OCc4ccccc4)(OCc4ccccc4)C(O3)C21. The number of hydroxylamine groups is 1. The summed E-state index contributed by atoms with van der Waals surface area (Å²) in [6.45, 7) is 6.14. The van der Waals surface area contributed by atoms with Crippen LogP contribution >= 0.6 is 0 Å². The molecular formula is C25H29N3O5. The van der Waals surface area contributed by atoms with Crippen molar-refractivity contribution in [1.29, 1.82) is 0 Å². The summed E-state index contributed by atoms with van der Waals surface area (Å²) in [4.78, 5) is 18.1. The molecule has 0 aromatic heterocycles. The lowest BCUT2D eigenvalue weighted by Crippen LogP contribution is -2.58. The van der Waals surface area contributed by atoms with Gasteiger partial charge in [-0.05, 0) is 37.1 Å². The van der Waals surface area contributed by atoms with Crippen LogP contribution in [0.15, 0.2) is 71.0 Å². The lowest BCUT2D eigenvalue weighted by atomic mass is 9.86.